The van der Waals surface area contributed by atoms with Crippen LogP contribution in [-0.4, -0.2) is 63.4 Å². The number of hydroxylamine groups is 2. The fourth-order valence-corrected chi connectivity index (χ4v) is 4.53. The predicted molar refractivity (Wildman–Crippen MR) is 101 cm³/mol. The van der Waals surface area contributed by atoms with E-state index in [4.69, 9.17) is 14.2 Å². The summed E-state index contributed by atoms with van der Waals surface area (Å²) in [5.74, 6) is -0.256. The average Bonchev–Trinajstić information content (AvgIpc) is 3.21. The van der Waals surface area contributed by atoms with Crippen molar-refractivity contribution in [2.24, 2.45) is 0 Å². The molecule has 0 unspecified atom stereocenters. The lowest BCUT2D eigenvalue weighted by molar-refractivity contribution is -0.274. The van der Waals surface area contributed by atoms with Crippen LogP contribution < -0.4 is 9.47 Å². The first-order valence-electron chi connectivity index (χ1n) is 9.01. The van der Waals surface area contributed by atoms with Gasteiger partial charge in [0, 0.05) is 7.05 Å². The molecule has 31 heavy (non-hydrogen) atoms. The van der Waals surface area contributed by atoms with Gasteiger partial charge in [-0.25, -0.2) is 8.42 Å². The smallest absolute Gasteiger partial charge is 0.457 e. The first-order chi connectivity index (χ1) is 14.5. The molecule has 0 spiro atoms. The van der Waals surface area contributed by atoms with Crippen molar-refractivity contribution in [1.29, 1.82) is 0 Å². The molecule has 2 atom stereocenters. The highest BCUT2D eigenvalue weighted by Gasteiger charge is 2.34. The van der Waals surface area contributed by atoms with Crippen LogP contribution in [0.4, 0.5) is 13.2 Å². The summed E-state index contributed by atoms with van der Waals surface area (Å²) in [5, 5.41) is 10.6. The van der Waals surface area contributed by atoms with E-state index in [-0.39, 0.29) is 35.5 Å². The molecular weight excluding hydrogens is 443 g/mol. The molecule has 0 aromatic heterocycles. The van der Waals surface area contributed by atoms with Gasteiger partial charge in [0.05, 0.1) is 23.3 Å². The van der Waals surface area contributed by atoms with Crippen LogP contribution in [0, 0.1) is 0 Å². The van der Waals surface area contributed by atoms with Crippen molar-refractivity contribution in [2.45, 2.75) is 23.4 Å². The molecule has 12 heteroatoms. The highest BCUT2D eigenvalue weighted by atomic mass is 32.2. The molecule has 0 amide bonds. The van der Waals surface area contributed by atoms with E-state index in [0.29, 0.717) is 0 Å². The summed E-state index contributed by atoms with van der Waals surface area (Å²) in [6.07, 6.45) is -5.37. The molecule has 1 aliphatic heterocycles. The Morgan fingerprint density at radius 3 is 2.13 bits per heavy atom. The van der Waals surface area contributed by atoms with Gasteiger partial charge in [-0.1, -0.05) is 0 Å². The number of hydrogen-bond acceptors (Lipinski definition) is 8. The molecule has 0 aliphatic carbocycles. The van der Waals surface area contributed by atoms with Gasteiger partial charge in [-0.2, -0.15) is 5.06 Å². The molecular formula is C19H20F3NO7S. The van der Waals surface area contributed by atoms with Gasteiger partial charge in [0.1, 0.15) is 30.1 Å². The zero-order valence-electron chi connectivity index (χ0n) is 16.3. The third-order valence-corrected chi connectivity index (χ3v) is 6.19. The van der Waals surface area contributed by atoms with Crippen molar-refractivity contribution in [3.63, 3.8) is 0 Å². The summed E-state index contributed by atoms with van der Waals surface area (Å²) in [6.45, 7) is 0.203. The minimum absolute atomic E-state index is 0.0135. The fourth-order valence-electron chi connectivity index (χ4n) is 2.91. The Morgan fingerprint density at radius 1 is 1.10 bits per heavy atom. The third-order valence-electron chi connectivity index (χ3n) is 4.42. The van der Waals surface area contributed by atoms with E-state index in [0.717, 1.165) is 17.2 Å². The highest BCUT2D eigenvalue weighted by molar-refractivity contribution is 7.91. The maximum absolute atomic E-state index is 12.7. The number of nitrogens with zero attached hydrogens (tertiary/aromatic N) is 1. The van der Waals surface area contributed by atoms with Crippen LogP contribution in [0.15, 0.2) is 53.4 Å². The normalized spacial score (nSPS) is 18.2. The van der Waals surface area contributed by atoms with Crippen molar-refractivity contribution in [3.8, 4) is 17.2 Å². The number of hydrogen-bond donors (Lipinski definition) is 1. The molecule has 0 bridgehead atoms. The molecule has 0 saturated carbocycles. The van der Waals surface area contributed by atoms with Crippen molar-refractivity contribution in [3.05, 3.63) is 48.5 Å². The minimum atomic E-state index is -4.79. The lowest BCUT2D eigenvalue weighted by Crippen LogP contribution is -2.45. The monoisotopic (exact) mass is 463 g/mol. The van der Waals surface area contributed by atoms with E-state index >= 15 is 0 Å². The number of ether oxygens (including phenoxy) is 4. The van der Waals surface area contributed by atoms with Gasteiger partial charge in [-0.05, 0) is 48.5 Å². The van der Waals surface area contributed by atoms with Crippen LogP contribution in [0.25, 0.3) is 0 Å². The lowest BCUT2D eigenvalue weighted by Gasteiger charge is -2.26. The molecule has 8 nitrogen and oxygen atoms in total. The summed E-state index contributed by atoms with van der Waals surface area (Å²) < 4.78 is 81.8. The van der Waals surface area contributed by atoms with Gasteiger partial charge >= 0.3 is 6.36 Å². The van der Waals surface area contributed by atoms with Gasteiger partial charge in [0.15, 0.2) is 9.84 Å². The summed E-state index contributed by atoms with van der Waals surface area (Å²) in [4.78, 5) is 0.0135. The first-order valence-corrected chi connectivity index (χ1v) is 10.7. The van der Waals surface area contributed by atoms with Gasteiger partial charge in [0.25, 0.3) is 0 Å². The van der Waals surface area contributed by atoms with Crippen LogP contribution in [0.2, 0.25) is 0 Å². The zero-order chi connectivity index (χ0) is 22.6. The maximum atomic E-state index is 12.7. The zero-order valence-corrected chi connectivity index (χ0v) is 17.1. The quantitative estimate of drug-likeness (QED) is 0.597. The summed E-state index contributed by atoms with van der Waals surface area (Å²) >= 11 is 0. The fraction of sp³-hybridized carbons (Fsp3) is 0.368. The second-order valence-electron chi connectivity index (χ2n) is 6.71. The van der Waals surface area contributed by atoms with Crippen molar-refractivity contribution in [2.75, 3.05) is 26.2 Å². The molecule has 1 heterocycles. The number of likely N-dealkylation sites (N-methyl/N-ethyl adjacent to an activating group) is 1. The number of alkyl halides is 3. The standard InChI is InChI=1S/C19H20F3NO7S/c1-23(24)17(18-10-27-12-28-18)11-31(25,26)16-8-6-14(7-9-16)29-13-2-4-15(5-3-13)30-19(20,21)22/h2-9,17-18,24H,10-12H2,1H3/t17-,18-/m1/s1. The average molecular weight is 463 g/mol. The topological polar surface area (TPSA) is 94.5 Å². The Labute approximate surface area is 176 Å². The number of halogens is 3. The SMILES string of the molecule is CN(O)[C@H](CS(=O)(=O)c1ccc(Oc2ccc(OC(F)(F)F)cc2)cc1)[C@H]1COCO1. The molecule has 1 aliphatic rings. The van der Waals surface area contributed by atoms with Crippen molar-refractivity contribution < 1.29 is 45.7 Å². The molecule has 1 N–H and O–H groups in total. The van der Waals surface area contributed by atoms with Crippen molar-refractivity contribution >= 4 is 9.84 Å². The lowest BCUT2D eigenvalue weighted by atomic mass is 10.2. The van der Waals surface area contributed by atoms with Crippen LogP contribution in [0.3, 0.4) is 0 Å². The van der Waals surface area contributed by atoms with E-state index < -0.39 is 34.1 Å². The third kappa shape index (κ3) is 6.55. The van der Waals surface area contributed by atoms with E-state index in [9.17, 15) is 26.8 Å². The van der Waals surface area contributed by atoms with Crippen LogP contribution in [-0.2, 0) is 19.3 Å². The first kappa shape index (κ1) is 23.3. The van der Waals surface area contributed by atoms with Crippen LogP contribution in [0.5, 0.6) is 17.2 Å². The summed E-state index contributed by atoms with van der Waals surface area (Å²) in [6, 6.07) is 9.47. The van der Waals surface area contributed by atoms with Gasteiger partial charge in [-0.3, -0.25) is 0 Å². The van der Waals surface area contributed by atoms with Crippen LogP contribution >= 0.6 is 0 Å². The molecule has 3 rings (SSSR count). The molecule has 170 valence electrons. The Balaban J connectivity index is 1.66. The second-order valence-corrected chi connectivity index (χ2v) is 8.74. The Hall–Kier alpha value is -2.38. The summed E-state index contributed by atoms with van der Waals surface area (Å²) in [7, 11) is -2.43. The van der Waals surface area contributed by atoms with Gasteiger partial charge in [0.2, 0.25) is 0 Å². The molecule has 2 aromatic carbocycles. The molecule has 1 saturated heterocycles. The minimum Gasteiger partial charge on any atom is -0.457 e. The number of sulfone groups is 1. The van der Waals surface area contributed by atoms with E-state index in [1.54, 1.807) is 0 Å². The largest absolute Gasteiger partial charge is 0.573 e. The molecule has 1 fully saturated rings. The Kier molecular flexibility index (Phi) is 7.06. The maximum Gasteiger partial charge on any atom is 0.573 e. The van der Waals surface area contributed by atoms with Gasteiger partial charge in [-0.15, -0.1) is 13.2 Å². The molecule has 0 radical (unpaired) electrons. The number of benzene rings is 2. The predicted octanol–water partition coefficient (Wildman–Crippen LogP) is 3.21. The Morgan fingerprint density at radius 2 is 1.65 bits per heavy atom. The Bertz CT molecular complexity index is 957. The molecule has 2 aromatic rings. The summed E-state index contributed by atoms with van der Waals surface area (Å²) in [5.41, 5.74) is 0. The second kappa shape index (κ2) is 9.40. The van der Waals surface area contributed by atoms with E-state index in [1.807, 2.05) is 0 Å². The highest BCUT2D eigenvalue weighted by Crippen LogP contribution is 2.28. The van der Waals surface area contributed by atoms with E-state index in [1.165, 1.54) is 43.4 Å². The van der Waals surface area contributed by atoms with Gasteiger partial charge < -0.3 is 24.2 Å². The number of rotatable bonds is 8. The van der Waals surface area contributed by atoms with Crippen molar-refractivity contribution in [1.82, 2.24) is 5.06 Å². The van der Waals surface area contributed by atoms with E-state index in [2.05, 4.69) is 4.74 Å². The van der Waals surface area contributed by atoms with Crippen LogP contribution in [0.1, 0.15) is 0 Å².